The van der Waals surface area contributed by atoms with E-state index in [-0.39, 0.29) is 11.1 Å². The average Bonchev–Trinajstić information content (AvgIpc) is 2.03. The fraction of sp³-hybridized carbons (Fsp3) is 0.200. The molecule has 0 aromatic heterocycles. The van der Waals surface area contributed by atoms with E-state index >= 15 is 0 Å². The standard InChI is InChI=1S/C10H9F3/c1-7(10(2,12)13)8-3-5-9(11)6-4-8/h3-6H,1H2,2H3. The number of rotatable bonds is 2. The van der Waals surface area contributed by atoms with Crippen LogP contribution in [0.4, 0.5) is 13.2 Å². The lowest BCUT2D eigenvalue weighted by molar-refractivity contribution is 0.0896. The van der Waals surface area contributed by atoms with Crippen LogP contribution in [0.5, 0.6) is 0 Å². The summed E-state index contributed by atoms with van der Waals surface area (Å²) in [5, 5.41) is 0. The summed E-state index contributed by atoms with van der Waals surface area (Å²) in [5.74, 6) is -3.41. The molecule has 0 fully saturated rings. The normalized spacial score (nSPS) is 11.4. The number of alkyl halides is 2. The first-order valence-corrected chi connectivity index (χ1v) is 3.74. The monoisotopic (exact) mass is 186 g/mol. The van der Waals surface area contributed by atoms with Crippen LogP contribution in [0.1, 0.15) is 12.5 Å². The fourth-order valence-electron chi connectivity index (χ4n) is 0.905. The molecule has 13 heavy (non-hydrogen) atoms. The Bertz CT molecular complexity index is 306. The first-order chi connectivity index (χ1) is 5.91. The Kier molecular flexibility index (Phi) is 2.45. The summed E-state index contributed by atoms with van der Waals surface area (Å²) < 4.78 is 37.8. The molecule has 0 N–H and O–H groups in total. The van der Waals surface area contributed by atoms with Gasteiger partial charge in [0.15, 0.2) is 0 Å². The lowest BCUT2D eigenvalue weighted by Crippen LogP contribution is -2.11. The quantitative estimate of drug-likeness (QED) is 0.663. The Morgan fingerprint density at radius 2 is 1.69 bits per heavy atom. The van der Waals surface area contributed by atoms with Crippen molar-refractivity contribution in [1.82, 2.24) is 0 Å². The zero-order valence-corrected chi connectivity index (χ0v) is 7.15. The van der Waals surface area contributed by atoms with Crippen LogP contribution < -0.4 is 0 Å². The van der Waals surface area contributed by atoms with Crippen LogP contribution in [-0.4, -0.2) is 5.92 Å². The summed E-state index contributed by atoms with van der Waals surface area (Å²) >= 11 is 0. The van der Waals surface area contributed by atoms with Crippen LogP contribution in [0.15, 0.2) is 30.8 Å². The van der Waals surface area contributed by atoms with E-state index < -0.39 is 11.7 Å². The predicted molar refractivity (Wildman–Crippen MR) is 46.1 cm³/mol. The molecule has 0 radical (unpaired) electrons. The predicted octanol–water partition coefficient (Wildman–Crippen LogP) is 3.49. The molecule has 0 heterocycles. The van der Waals surface area contributed by atoms with Gasteiger partial charge in [-0.2, -0.15) is 0 Å². The van der Waals surface area contributed by atoms with Crippen LogP contribution in [0.2, 0.25) is 0 Å². The van der Waals surface area contributed by atoms with E-state index in [0.29, 0.717) is 0 Å². The fourth-order valence-corrected chi connectivity index (χ4v) is 0.905. The van der Waals surface area contributed by atoms with Crippen molar-refractivity contribution < 1.29 is 13.2 Å². The molecule has 0 atom stereocenters. The second-order valence-electron chi connectivity index (χ2n) is 2.87. The minimum Gasteiger partial charge on any atom is -0.207 e. The molecule has 1 aromatic rings. The van der Waals surface area contributed by atoms with Crippen LogP contribution in [0.25, 0.3) is 5.57 Å². The highest BCUT2D eigenvalue weighted by molar-refractivity contribution is 5.68. The van der Waals surface area contributed by atoms with Gasteiger partial charge in [0.1, 0.15) is 5.82 Å². The van der Waals surface area contributed by atoms with Gasteiger partial charge in [0, 0.05) is 12.5 Å². The molecular formula is C10H9F3. The molecule has 0 amide bonds. The number of allylic oxidation sites excluding steroid dienone is 1. The molecule has 1 aromatic carbocycles. The van der Waals surface area contributed by atoms with Crippen molar-refractivity contribution in [2.24, 2.45) is 0 Å². The van der Waals surface area contributed by atoms with Gasteiger partial charge in [0.05, 0.1) is 0 Å². The van der Waals surface area contributed by atoms with E-state index in [1.165, 1.54) is 12.1 Å². The molecule has 0 saturated carbocycles. The Morgan fingerprint density at radius 1 is 1.23 bits per heavy atom. The van der Waals surface area contributed by atoms with Crippen LogP contribution in [0, 0.1) is 5.82 Å². The largest absolute Gasteiger partial charge is 0.270 e. The van der Waals surface area contributed by atoms with Crippen molar-refractivity contribution in [2.45, 2.75) is 12.8 Å². The minimum absolute atomic E-state index is 0.258. The van der Waals surface area contributed by atoms with Crippen LogP contribution in [0.3, 0.4) is 0 Å². The number of benzene rings is 1. The van der Waals surface area contributed by atoms with Gasteiger partial charge in [0.2, 0.25) is 0 Å². The van der Waals surface area contributed by atoms with E-state index in [0.717, 1.165) is 19.1 Å². The molecule has 0 aliphatic carbocycles. The van der Waals surface area contributed by atoms with Crippen molar-refractivity contribution in [1.29, 1.82) is 0 Å². The van der Waals surface area contributed by atoms with Crippen LogP contribution in [-0.2, 0) is 0 Å². The number of hydrogen-bond acceptors (Lipinski definition) is 0. The van der Waals surface area contributed by atoms with E-state index in [9.17, 15) is 13.2 Å². The lowest BCUT2D eigenvalue weighted by Gasteiger charge is -2.13. The molecule has 0 saturated heterocycles. The van der Waals surface area contributed by atoms with Gasteiger partial charge in [-0.1, -0.05) is 18.7 Å². The topological polar surface area (TPSA) is 0 Å². The van der Waals surface area contributed by atoms with Gasteiger partial charge < -0.3 is 0 Å². The van der Waals surface area contributed by atoms with Crippen LogP contribution >= 0.6 is 0 Å². The third-order valence-corrected chi connectivity index (χ3v) is 1.72. The number of halogens is 3. The van der Waals surface area contributed by atoms with E-state index in [1.54, 1.807) is 0 Å². The highest BCUT2D eigenvalue weighted by Gasteiger charge is 2.26. The van der Waals surface area contributed by atoms with E-state index in [1.807, 2.05) is 0 Å². The average molecular weight is 186 g/mol. The third-order valence-electron chi connectivity index (χ3n) is 1.72. The SMILES string of the molecule is C=C(c1ccc(F)cc1)C(C)(F)F. The van der Waals surface area contributed by atoms with E-state index in [2.05, 4.69) is 6.58 Å². The van der Waals surface area contributed by atoms with E-state index in [4.69, 9.17) is 0 Å². The smallest absolute Gasteiger partial charge is 0.207 e. The Morgan fingerprint density at radius 3 is 2.08 bits per heavy atom. The highest BCUT2D eigenvalue weighted by Crippen LogP contribution is 2.29. The highest BCUT2D eigenvalue weighted by atomic mass is 19.3. The maximum Gasteiger partial charge on any atom is 0.270 e. The molecule has 0 nitrogen and oxygen atoms in total. The van der Waals surface area contributed by atoms with Crippen molar-refractivity contribution >= 4 is 5.57 Å². The van der Waals surface area contributed by atoms with Gasteiger partial charge in [-0.15, -0.1) is 0 Å². The third kappa shape index (κ3) is 2.34. The number of hydrogen-bond donors (Lipinski definition) is 0. The summed E-state index contributed by atoms with van der Waals surface area (Å²) in [4.78, 5) is 0. The second-order valence-corrected chi connectivity index (χ2v) is 2.87. The molecule has 0 aliphatic heterocycles. The van der Waals surface area contributed by atoms with Gasteiger partial charge in [-0.05, 0) is 17.7 Å². The molecule has 0 bridgehead atoms. The second kappa shape index (κ2) is 3.24. The maximum atomic E-state index is 12.7. The molecular weight excluding hydrogens is 177 g/mol. The first kappa shape index (κ1) is 9.84. The summed E-state index contributed by atoms with van der Waals surface area (Å²) in [6.45, 7) is 4.02. The van der Waals surface area contributed by atoms with Gasteiger partial charge in [0.25, 0.3) is 5.92 Å². The zero-order valence-electron chi connectivity index (χ0n) is 7.15. The molecule has 70 valence electrons. The zero-order chi connectivity index (χ0) is 10.1. The molecule has 1 rings (SSSR count). The lowest BCUT2D eigenvalue weighted by atomic mass is 10.0. The molecule has 0 aliphatic rings. The van der Waals surface area contributed by atoms with Gasteiger partial charge in [-0.3, -0.25) is 0 Å². The van der Waals surface area contributed by atoms with Crippen molar-refractivity contribution in [3.05, 3.63) is 42.2 Å². The molecule has 3 heteroatoms. The van der Waals surface area contributed by atoms with Crippen molar-refractivity contribution in [3.63, 3.8) is 0 Å². The molecule has 0 unspecified atom stereocenters. The van der Waals surface area contributed by atoms with Crippen molar-refractivity contribution in [3.8, 4) is 0 Å². The summed E-state index contributed by atoms with van der Waals surface area (Å²) in [7, 11) is 0. The maximum absolute atomic E-state index is 12.7. The summed E-state index contributed by atoms with van der Waals surface area (Å²) in [5.41, 5.74) is -0.0404. The first-order valence-electron chi connectivity index (χ1n) is 3.74. The minimum atomic E-state index is -2.96. The van der Waals surface area contributed by atoms with Gasteiger partial charge >= 0.3 is 0 Å². The summed E-state index contributed by atoms with van der Waals surface area (Å²) in [6.07, 6.45) is 0. The Balaban J connectivity index is 2.97. The molecule has 0 spiro atoms. The Hall–Kier alpha value is -1.25. The van der Waals surface area contributed by atoms with Gasteiger partial charge in [-0.25, -0.2) is 13.2 Å². The Labute approximate surface area is 74.7 Å². The summed E-state index contributed by atoms with van der Waals surface area (Å²) in [6, 6.07) is 4.84. The van der Waals surface area contributed by atoms with Crippen molar-refractivity contribution in [2.75, 3.05) is 0 Å².